The molecule has 0 aliphatic heterocycles. The molecular weight excluding hydrogens is 208 g/mol. The Balaban J connectivity index is 2.52. The Bertz CT molecular complexity index is 372. The van der Waals surface area contributed by atoms with Gasteiger partial charge in [-0.1, -0.05) is 68.5 Å². The van der Waals surface area contributed by atoms with Crippen molar-refractivity contribution >= 4 is 6.08 Å². The molecule has 1 atom stereocenters. The van der Waals surface area contributed by atoms with Crippen molar-refractivity contribution in [1.29, 1.82) is 0 Å². The van der Waals surface area contributed by atoms with E-state index in [0.717, 1.165) is 6.42 Å². The molecule has 1 aromatic rings. The number of allylic oxidation sites excluding steroid dienone is 2. The zero-order chi connectivity index (χ0) is 12.7. The van der Waals surface area contributed by atoms with Gasteiger partial charge in [0.15, 0.2) is 0 Å². The highest BCUT2D eigenvalue weighted by Gasteiger charge is 2.16. The predicted molar refractivity (Wildman–Crippen MR) is 74.7 cm³/mol. The summed E-state index contributed by atoms with van der Waals surface area (Å²) in [5.41, 5.74) is 0.454. The van der Waals surface area contributed by atoms with E-state index >= 15 is 0 Å². The Labute approximate surface area is 104 Å². The van der Waals surface area contributed by atoms with Crippen molar-refractivity contribution in [3.8, 4) is 0 Å². The van der Waals surface area contributed by atoms with E-state index in [4.69, 9.17) is 0 Å². The Hall–Kier alpha value is -1.34. The topological polar surface area (TPSA) is 20.2 Å². The average molecular weight is 230 g/mol. The summed E-state index contributed by atoms with van der Waals surface area (Å²) in [5.74, 6) is 0.493. The third kappa shape index (κ3) is 6.08. The summed E-state index contributed by atoms with van der Waals surface area (Å²) in [6, 6.07) is 10.1. The first-order valence-corrected chi connectivity index (χ1v) is 6.13. The molecule has 1 heteroatoms. The Morgan fingerprint density at radius 1 is 1.18 bits per heavy atom. The lowest BCUT2D eigenvalue weighted by molar-refractivity contribution is 0.0876. The zero-order valence-electron chi connectivity index (χ0n) is 10.9. The minimum atomic E-state index is -0.713. The summed E-state index contributed by atoms with van der Waals surface area (Å²) in [5, 5.41) is 10.1. The van der Waals surface area contributed by atoms with E-state index in [1.54, 1.807) is 0 Å². The van der Waals surface area contributed by atoms with Crippen LogP contribution in [-0.4, -0.2) is 10.7 Å². The fourth-order valence-corrected chi connectivity index (χ4v) is 1.89. The van der Waals surface area contributed by atoms with Crippen molar-refractivity contribution in [3.05, 3.63) is 54.1 Å². The molecule has 0 saturated carbocycles. The van der Waals surface area contributed by atoms with Gasteiger partial charge in [-0.2, -0.15) is 0 Å². The summed E-state index contributed by atoms with van der Waals surface area (Å²) < 4.78 is 0. The van der Waals surface area contributed by atoms with Gasteiger partial charge in [-0.05, 0) is 24.8 Å². The minimum absolute atomic E-state index is 0.493. The van der Waals surface area contributed by atoms with E-state index in [0.29, 0.717) is 5.92 Å². The van der Waals surface area contributed by atoms with E-state index < -0.39 is 5.60 Å². The molecule has 92 valence electrons. The maximum atomic E-state index is 10.1. The molecule has 0 radical (unpaired) electrons. The van der Waals surface area contributed by atoms with E-state index in [-0.39, 0.29) is 0 Å². The summed E-state index contributed by atoms with van der Waals surface area (Å²) >= 11 is 0. The number of hydrogen-bond donors (Lipinski definition) is 1. The first-order chi connectivity index (χ1) is 7.99. The third-order valence-corrected chi connectivity index (χ3v) is 2.48. The molecule has 1 aromatic carbocycles. The summed E-state index contributed by atoms with van der Waals surface area (Å²) in [7, 11) is 0. The molecule has 0 fully saturated rings. The number of rotatable bonds is 5. The Kier molecular flexibility index (Phi) is 5.17. The first kappa shape index (κ1) is 13.7. The van der Waals surface area contributed by atoms with Crippen LogP contribution in [0, 0.1) is 5.92 Å². The van der Waals surface area contributed by atoms with Crippen molar-refractivity contribution in [3.63, 3.8) is 0 Å². The second kappa shape index (κ2) is 6.41. The van der Waals surface area contributed by atoms with Crippen molar-refractivity contribution in [2.75, 3.05) is 0 Å². The minimum Gasteiger partial charge on any atom is -0.386 e. The van der Waals surface area contributed by atoms with Crippen LogP contribution >= 0.6 is 0 Å². The van der Waals surface area contributed by atoms with Crippen LogP contribution in [0.25, 0.3) is 6.08 Å². The Morgan fingerprint density at radius 3 is 2.41 bits per heavy atom. The number of aliphatic hydroxyl groups is 1. The highest BCUT2D eigenvalue weighted by molar-refractivity contribution is 5.50. The molecule has 1 unspecified atom stereocenters. The summed E-state index contributed by atoms with van der Waals surface area (Å²) in [6.45, 7) is 6.07. The molecule has 1 N–H and O–H groups in total. The maximum Gasteiger partial charge on any atom is 0.0805 e. The van der Waals surface area contributed by atoms with E-state index in [1.807, 2.05) is 49.4 Å². The van der Waals surface area contributed by atoms with Gasteiger partial charge in [0.25, 0.3) is 0 Å². The van der Waals surface area contributed by atoms with Crippen LogP contribution in [0.5, 0.6) is 0 Å². The summed E-state index contributed by atoms with van der Waals surface area (Å²) in [4.78, 5) is 0. The predicted octanol–water partition coefficient (Wildman–Crippen LogP) is 4.05. The molecular formula is C16H22O. The highest BCUT2D eigenvalue weighted by atomic mass is 16.3. The molecule has 0 spiro atoms. The van der Waals surface area contributed by atoms with Gasteiger partial charge in [0.1, 0.15) is 0 Å². The van der Waals surface area contributed by atoms with Crippen molar-refractivity contribution in [2.45, 2.75) is 32.8 Å². The SMILES string of the molecule is CC(C)CC(C)(O)/C=C/C=C/c1ccccc1. The molecule has 0 aliphatic carbocycles. The highest BCUT2D eigenvalue weighted by Crippen LogP contribution is 2.17. The van der Waals surface area contributed by atoms with Crippen LogP contribution in [0.15, 0.2) is 48.6 Å². The van der Waals surface area contributed by atoms with Crippen LogP contribution in [0.3, 0.4) is 0 Å². The van der Waals surface area contributed by atoms with Gasteiger partial charge in [0.2, 0.25) is 0 Å². The molecule has 0 aliphatic rings. The van der Waals surface area contributed by atoms with Gasteiger partial charge in [0.05, 0.1) is 5.60 Å². The van der Waals surface area contributed by atoms with E-state index in [1.165, 1.54) is 5.56 Å². The molecule has 0 saturated heterocycles. The molecule has 0 bridgehead atoms. The molecule has 1 nitrogen and oxygen atoms in total. The quantitative estimate of drug-likeness (QED) is 0.756. The second-order valence-corrected chi connectivity index (χ2v) is 5.08. The molecule has 1 rings (SSSR count). The lowest BCUT2D eigenvalue weighted by Crippen LogP contribution is -2.22. The lowest BCUT2D eigenvalue weighted by atomic mass is 9.94. The van der Waals surface area contributed by atoms with Gasteiger partial charge in [-0.25, -0.2) is 0 Å². The summed E-state index contributed by atoms with van der Waals surface area (Å²) in [6.07, 6.45) is 8.54. The number of hydrogen-bond acceptors (Lipinski definition) is 1. The smallest absolute Gasteiger partial charge is 0.0805 e. The van der Waals surface area contributed by atoms with Gasteiger partial charge in [0, 0.05) is 0 Å². The van der Waals surface area contributed by atoms with Crippen molar-refractivity contribution in [1.82, 2.24) is 0 Å². The van der Waals surface area contributed by atoms with Crippen LogP contribution in [0.1, 0.15) is 32.8 Å². The Morgan fingerprint density at radius 2 is 1.82 bits per heavy atom. The number of benzene rings is 1. The van der Waals surface area contributed by atoms with Gasteiger partial charge in [-0.3, -0.25) is 0 Å². The monoisotopic (exact) mass is 230 g/mol. The fraction of sp³-hybridized carbons (Fsp3) is 0.375. The maximum absolute atomic E-state index is 10.1. The van der Waals surface area contributed by atoms with Crippen LogP contribution in [-0.2, 0) is 0 Å². The molecule has 0 heterocycles. The van der Waals surface area contributed by atoms with Crippen molar-refractivity contribution < 1.29 is 5.11 Å². The zero-order valence-corrected chi connectivity index (χ0v) is 10.9. The fourth-order valence-electron chi connectivity index (χ4n) is 1.89. The standard InChI is InChI=1S/C16H22O/c1-14(2)13-16(3,17)12-8-7-11-15-9-5-4-6-10-15/h4-12,14,17H,13H2,1-3H3/b11-7+,12-8+. The van der Waals surface area contributed by atoms with Crippen LogP contribution < -0.4 is 0 Å². The van der Waals surface area contributed by atoms with Gasteiger partial charge in [-0.15, -0.1) is 0 Å². The van der Waals surface area contributed by atoms with E-state index in [9.17, 15) is 5.11 Å². The average Bonchev–Trinajstić information content (AvgIpc) is 2.24. The second-order valence-electron chi connectivity index (χ2n) is 5.08. The van der Waals surface area contributed by atoms with Crippen molar-refractivity contribution in [2.24, 2.45) is 5.92 Å². The lowest BCUT2D eigenvalue weighted by Gasteiger charge is -2.20. The first-order valence-electron chi connectivity index (χ1n) is 6.13. The van der Waals surface area contributed by atoms with Crippen LogP contribution in [0.2, 0.25) is 0 Å². The largest absolute Gasteiger partial charge is 0.386 e. The molecule has 0 amide bonds. The van der Waals surface area contributed by atoms with Gasteiger partial charge < -0.3 is 5.11 Å². The van der Waals surface area contributed by atoms with E-state index in [2.05, 4.69) is 26.0 Å². The van der Waals surface area contributed by atoms with Gasteiger partial charge >= 0.3 is 0 Å². The normalized spacial score (nSPS) is 15.8. The molecule has 17 heavy (non-hydrogen) atoms. The van der Waals surface area contributed by atoms with Crippen LogP contribution in [0.4, 0.5) is 0 Å². The molecule has 0 aromatic heterocycles. The third-order valence-electron chi connectivity index (χ3n) is 2.48.